The van der Waals surface area contributed by atoms with Gasteiger partial charge in [-0.15, -0.1) is 0 Å². The topological polar surface area (TPSA) is 79.6 Å². The average molecular weight is 424 g/mol. The zero-order valence-corrected chi connectivity index (χ0v) is 16.1. The molecule has 0 aromatic heterocycles. The first kappa shape index (κ1) is 20.9. The summed E-state index contributed by atoms with van der Waals surface area (Å²) in [6.45, 7) is 1.94. The molecule has 1 saturated heterocycles. The van der Waals surface area contributed by atoms with Crippen molar-refractivity contribution in [2.45, 2.75) is 6.18 Å². The van der Waals surface area contributed by atoms with Crippen LogP contribution in [-0.4, -0.2) is 37.3 Å². The van der Waals surface area contributed by atoms with Gasteiger partial charge in [-0.25, -0.2) is 0 Å². The van der Waals surface area contributed by atoms with Crippen LogP contribution in [0, 0.1) is 0 Å². The van der Waals surface area contributed by atoms with Gasteiger partial charge in [0.25, 0.3) is 0 Å². The predicted octanol–water partition coefficient (Wildman–Crippen LogP) is 3.45. The molecule has 4 N–H and O–H groups in total. The van der Waals surface area contributed by atoms with Crippen LogP contribution < -0.4 is 21.3 Å². The van der Waals surface area contributed by atoms with E-state index in [-0.39, 0.29) is 10.8 Å². The number of benzene rings is 2. The summed E-state index contributed by atoms with van der Waals surface area (Å²) in [4.78, 5) is 12.9. The Morgan fingerprint density at radius 2 is 1.66 bits per heavy atom. The highest BCUT2D eigenvalue weighted by Crippen LogP contribution is 2.34. The van der Waals surface area contributed by atoms with E-state index in [0.717, 1.165) is 12.1 Å². The first-order chi connectivity index (χ1) is 13.7. The van der Waals surface area contributed by atoms with E-state index in [1.807, 2.05) is 4.90 Å². The minimum absolute atomic E-state index is 0.115. The van der Waals surface area contributed by atoms with E-state index in [9.17, 15) is 18.0 Å². The van der Waals surface area contributed by atoms with Crippen LogP contribution in [0.2, 0.25) is 0 Å². The van der Waals surface area contributed by atoms with Crippen LogP contribution >= 0.6 is 12.2 Å². The van der Waals surface area contributed by atoms with Crippen molar-refractivity contribution < 1.29 is 22.7 Å². The number of ether oxygens (including phenoxy) is 1. The molecule has 0 radical (unpaired) electrons. The molecular weight excluding hydrogens is 405 g/mol. The monoisotopic (exact) mass is 424 g/mol. The summed E-state index contributed by atoms with van der Waals surface area (Å²) in [6, 6.07) is 9.98. The van der Waals surface area contributed by atoms with Gasteiger partial charge in [-0.05, 0) is 54.7 Å². The summed E-state index contributed by atoms with van der Waals surface area (Å²) in [5.74, 6) is -0.558. The Morgan fingerprint density at radius 1 is 1.03 bits per heavy atom. The van der Waals surface area contributed by atoms with Gasteiger partial charge in [0.2, 0.25) is 5.91 Å². The second-order valence-electron chi connectivity index (χ2n) is 6.39. The Labute approximate surface area is 170 Å². The van der Waals surface area contributed by atoms with Crippen molar-refractivity contribution in [2.24, 2.45) is 5.73 Å². The number of halogens is 3. The maximum atomic E-state index is 13.3. The summed E-state index contributed by atoms with van der Waals surface area (Å²) in [7, 11) is 0. The molecule has 0 aliphatic carbocycles. The van der Waals surface area contributed by atoms with Gasteiger partial charge in [0.1, 0.15) is 0 Å². The normalized spacial score (nSPS) is 14.4. The number of alkyl halides is 3. The summed E-state index contributed by atoms with van der Waals surface area (Å²) in [6.07, 6.45) is -4.49. The van der Waals surface area contributed by atoms with Crippen molar-refractivity contribution in [3.05, 3.63) is 53.6 Å². The SMILES string of the molecule is NC(=O)c1ccc(NC(=S)Nc2cc(N3CCOCC3)cc(C(F)(F)F)c2)cc1. The number of nitrogens with zero attached hydrogens (tertiary/aromatic N) is 1. The molecule has 2 aromatic carbocycles. The minimum atomic E-state index is -4.49. The zero-order chi connectivity index (χ0) is 21.0. The van der Waals surface area contributed by atoms with Crippen LogP contribution in [0.15, 0.2) is 42.5 Å². The number of amides is 1. The molecule has 1 fully saturated rings. The predicted molar refractivity (Wildman–Crippen MR) is 109 cm³/mol. The Kier molecular flexibility index (Phi) is 6.23. The number of nitrogens with one attached hydrogen (secondary N) is 2. The molecule has 3 rings (SSSR count). The molecule has 2 aromatic rings. The molecule has 154 valence electrons. The molecule has 0 unspecified atom stereocenters. The number of thiocarbonyl (C=S) groups is 1. The van der Waals surface area contributed by atoms with Crippen molar-refractivity contribution in [3.8, 4) is 0 Å². The van der Waals surface area contributed by atoms with Crippen LogP contribution in [0.3, 0.4) is 0 Å². The number of rotatable bonds is 4. The molecule has 1 amide bonds. The first-order valence-electron chi connectivity index (χ1n) is 8.75. The van der Waals surface area contributed by atoms with Gasteiger partial charge in [0.15, 0.2) is 5.11 Å². The summed E-state index contributed by atoms with van der Waals surface area (Å²) in [5, 5.41) is 5.77. The van der Waals surface area contributed by atoms with Crippen LogP contribution in [-0.2, 0) is 10.9 Å². The standard InChI is InChI=1S/C19H19F3N4O2S/c20-19(21,22)13-9-15(11-16(10-13)26-5-7-28-8-6-26)25-18(29)24-14-3-1-12(2-4-14)17(23)27/h1-4,9-11H,5-8H2,(H2,23,27)(H2,24,25,29). The molecule has 10 heteroatoms. The van der Waals surface area contributed by atoms with Crippen LogP contribution in [0.1, 0.15) is 15.9 Å². The smallest absolute Gasteiger partial charge is 0.378 e. The first-order valence-corrected chi connectivity index (χ1v) is 9.16. The van der Waals surface area contributed by atoms with Gasteiger partial charge in [-0.1, -0.05) is 0 Å². The third-order valence-electron chi connectivity index (χ3n) is 4.31. The average Bonchev–Trinajstić information content (AvgIpc) is 2.68. The van der Waals surface area contributed by atoms with Gasteiger partial charge >= 0.3 is 6.18 Å². The van der Waals surface area contributed by atoms with Crippen molar-refractivity contribution in [1.82, 2.24) is 0 Å². The highest BCUT2D eigenvalue weighted by molar-refractivity contribution is 7.80. The van der Waals surface area contributed by atoms with Crippen molar-refractivity contribution in [1.29, 1.82) is 0 Å². The van der Waals surface area contributed by atoms with Crippen molar-refractivity contribution in [3.63, 3.8) is 0 Å². The summed E-state index contributed by atoms with van der Waals surface area (Å²) < 4.78 is 45.3. The van der Waals surface area contributed by atoms with Crippen molar-refractivity contribution in [2.75, 3.05) is 41.8 Å². The van der Waals surface area contributed by atoms with Crippen molar-refractivity contribution >= 4 is 40.3 Å². The van der Waals surface area contributed by atoms with Crippen LogP contribution in [0.5, 0.6) is 0 Å². The molecule has 1 aliphatic heterocycles. The lowest BCUT2D eigenvalue weighted by Crippen LogP contribution is -2.36. The quantitative estimate of drug-likeness (QED) is 0.653. The summed E-state index contributed by atoms with van der Waals surface area (Å²) in [5.41, 5.74) is 5.98. The van der Waals surface area contributed by atoms with E-state index >= 15 is 0 Å². The van der Waals surface area contributed by atoms with E-state index in [2.05, 4.69) is 10.6 Å². The van der Waals surface area contributed by atoms with E-state index in [0.29, 0.717) is 43.2 Å². The largest absolute Gasteiger partial charge is 0.416 e. The van der Waals surface area contributed by atoms with Crippen LogP contribution in [0.4, 0.5) is 30.2 Å². The Balaban J connectivity index is 1.77. The number of morpholine rings is 1. The molecule has 1 aliphatic rings. The van der Waals surface area contributed by atoms with Gasteiger partial charge in [-0.2, -0.15) is 13.2 Å². The fourth-order valence-corrected chi connectivity index (χ4v) is 3.10. The van der Waals surface area contributed by atoms with Gasteiger partial charge in [0.05, 0.1) is 18.8 Å². The van der Waals surface area contributed by atoms with Gasteiger partial charge in [0, 0.05) is 35.7 Å². The number of hydrogen-bond acceptors (Lipinski definition) is 4. The molecule has 1 heterocycles. The van der Waals surface area contributed by atoms with E-state index in [4.69, 9.17) is 22.7 Å². The Bertz CT molecular complexity index is 897. The van der Waals surface area contributed by atoms with Gasteiger partial charge < -0.3 is 26.0 Å². The number of primary amides is 1. The lowest BCUT2D eigenvalue weighted by Gasteiger charge is -2.30. The van der Waals surface area contributed by atoms with E-state index < -0.39 is 17.6 Å². The number of nitrogens with two attached hydrogens (primary N) is 1. The highest BCUT2D eigenvalue weighted by atomic mass is 32.1. The number of carbonyl (C=O) groups excluding carboxylic acids is 1. The zero-order valence-electron chi connectivity index (χ0n) is 15.3. The Hall–Kier alpha value is -2.85. The van der Waals surface area contributed by atoms with E-state index in [1.165, 1.54) is 12.1 Å². The minimum Gasteiger partial charge on any atom is -0.378 e. The van der Waals surface area contributed by atoms with E-state index in [1.54, 1.807) is 18.2 Å². The molecule has 0 saturated carbocycles. The fraction of sp³-hybridized carbons (Fsp3) is 0.263. The molecule has 6 nitrogen and oxygen atoms in total. The number of carbonyl (C=O) groups is 1. The third kappa shape index (κ3) is 5.58. The number of hydrogen-bond donors (Lipinski definition) is 3. The molecule has 0 atom stereocenters. The third-order valence-corrected chi connectivity index (χ3v) is 4.51. The Morgan fingerprint density at radius 3 is 2.24 bits per heavy atom. The molecule has 0 spiro atoms. The lowest BCUT2D eigenvalue weighted by atomic mass is 10.1. The summed E-state index contributed by atoms with van der Waals surface area (Å²) >= 11 is 5.21. The molecule has 29 heavy (non-hydrogen) atoms. The second-order valence-corrected chi connectivity index (χ2v) is 6.79. The second kappa shape index (κ2) is 8.66. The fourth-order valence-electron chi connectivity index (χ4n) is 2.86. The molecular formula is C19H19F3N4O2S. The maximum Gasteiger partial charge on any atom is 0.416 e. The molecule has 0 bridgehead atoms. The van der Waals surface area contributed by atoms with Gasteiger partial charge in [-0.3, -0.25) is 4.79 Å². The highest BCUT2D eigenvalue weighted by Gasteiger charge is 2.32. The number of anilines is 3. The maximum absolute atomic E-state index is 13.3. The van der Waals surface area contributed by atoms with Crippen LogP contribution in [0.25, 0.3) is 0 Å². The lowest BCUT2D eigenvalue weighted by molar-refractivity contribution is -0.137.